The van der Waals surface area contributed by atoms with Crippen molar-refractivity contribution in [2.75, 3.05) is 6.61 Å². The van der Waals surface area contributed by atoms with Crippen LogP contribution in [0.3, 0.4) is 0 Å². The summed E-state index contributed by atoms with van der Waals surface area (Å²) in [5, 5.41) is 3.31. The van der Waals surface area contributed by atoms with Gasteiger partial charge in [-0.05, 0) is 67.4 Å². The highest BCUT2D eigenvalue weighted by Crippen LogP contribution is 2.22. The van der Waals surface area contributed by atoms with Gasteiger partial charge in [0.2, 0.25) is 0 Å². The highest BCUT2D eigenvalue weighted by molar-refractivity contribution is 7.90. The molecule has 0 radical (unpaired) electrons. The number of hydrogen-bond acceptors (Lipinski definition) is 5. The molecule has 0 saturated heterocycles. The number of amides is 1. The third-order valence-electron chi connectivity index (χ3n) is 4.88. The maximum atomic E-state index is 12.6. The Labute approximate surface area is 193 Å². The molecule has 0 saturated carbocycles. The predicted octanol–water partition coefficient (Wildman–Crippen LogP) is 5.58. The van der Waals surface area contributed by atoms with Crippen molar-refractivity contribution in [1.82, 2.24) is 5.32 Å². The molecule has 3 rings (SSSR count). The SMILES string of the molecule is CCCCOc1ccc(C(C)NC(=O)c2ccc(CS(=O)(=O)c3ccc(Cl)cc3)o2)cc1. The van der Waals surface area contributed by atoms with Crippen molar-refractivity contribution in [2.45, 2.75) is 43.4 Å². The minimum atomic E-state index is -3.62. The van der Waals surface area contributed by atoms with Gasteiger partial charge in [-0.3, -0.25) is 4.79 Å². The Hall–Kier alpha value is -2.77. The van der Waals surface area contributed by atoms with E-state index in [1.807, 2.05) is 31.2 Å². The van der Waals surface area contributed by atoms with Crippen molar-refractivity contribution in [1.29, 1.82) is 0 Å². The fourth-order valence-corrected chi connectivity index (χ4v) is 4.40. The summed E-state index contributed by atoms with van der Waals surface area (Å²) in [7, 11) is -3.62. The van der Waals surface area contributed by atoms with Gasteiger partial charge in [0, 0.05) is 5.02 Å². The summed E-state index contributed by atoms with van der Waals surface area (Å²) in [4.78, 5) is 12.7. The molecular formula is C24H26ClNO5S. The molecule has 1 heterocycles. The van der Waals surface area contributed by atoms with Gasteiger partial charge in [0.15, 0.2) is 15.6 Å². The Morgan fingerprint density at radius 3 is 2.41 bits per heavy atom. The first-order valence-electron chi connectivity index (χ1n) is 10.4. The molecule has 0 spiro atoms. The van der Waals surface area contributed by atoms with Crippen molar-refractivity contribution in [3.63, 3.8) is 0 Å². The first-order valence-corrected chi connectivity index (χ1v) is 12.4. The Balaban J connectivity index is 1.60. The molecule has 1 atom stereocenters. The molecule has 1 aromatic heterocycles. The van der Waals surface area contributed by atoms with E-state index in [9.17, 15) is 13.2 Å². The van der Waals surface area contributed by atoms with E-state index in [2.05, 4.69) is 12.2 Å². The van der Waals surface area contributed by atoms with Crippen LogP contribution < -0.4 is 10.1 Å². The Bertz CT molecular complexity index is 1140. The van der Waals surface area contributed by atoms with Crippen LogP contribution in [0.25, 0.3) is 0 Å². The first-order chi connectivity index (χ1) is 15.3. The number of benzene rings is 2. The van der Waals surface area contributed by atoms with Crippen molar-refractivity contribution in [3.8, 4) is 5.75 Å². The number of rotatable bonds is 10. The smallest absolute Gasteiger partial charge is 0.287 e. The average molecular weight is 476 g/mol. The van der Waals surface area contributed by atoms with Gasteiger partial charge in [-0.15, -0.1) is 0 Å². The number of ether oxygens (including phenoxy) is 1. The molecule has 0 aliphatic rings. The lowest BCUT2D eigenvalue weighted by Crippen LogP contribution is -2.26. The summed E-state index contributed by atoms with van der Waals surface area (Å²) in [6.45, 7) is 4.65. The topological polar surface area (TPSA) is 85.6 Å². The summed E-state index contributed by atoms with van der Waals surface area (Å²) >= 11 is 5.82. The van der Waals surface area contributed by atoms with Crippen molar-refractivity contribution < 1.29 is 22.4 Å². The van der Waals surface area contributed by atoms with Crippen molar-refractivity contribution in [2.24, 2.45) is 0 Å². The summed E-state index contributed by atoms with van der Waals surface area (Å²) in [5.74, 6) is 0.259. The van der Waals surface area contributed by atoms with Crippen LogP contribution >= 0.6 is 11.6 Å². The Kier molecular flexibility index (Phi) is 7.99. The molecule has 0 aliphatic heterocycles. The minimum absolute atomic E-state index is 0.0534. The molecule has 2 aromatic carbocycles. The second-order valence-corrected chi connectivity index (χ2v) is 9.87. The van der Waals surface area contributed by atoms with Crippen LogP contribution in [0.2, 0.25) is 5.02 Å². The average Bonchev–Trinajstić information content (AvgIpc) is 3.22. The summed E-state index contributed by atoms with van der Waals surface area (Å²) in [6.07, 6.45) is 2.07. The van der Waals surface area contributed by atoms with E-state index in [-0.39, 0.29) is 28.2 Å². The normalized spacial score (nSPS) is 12.3. The summed E-state index contributed by atoms with van der Waals surface area (Å²) in [6, 6.07) is 16.2. The molecule has 170 valence electrons. The van der Waals surface area contributed by atoms with E-state index < -0.39 is 15.7 Å². The van der Waals surface area contributed by atoms with Crippen LogP contribution in [0.1, 0.15) is 54.6 Å². The molecule has 1 unspecified atom stereocenters. The lowest BCUT2D eigenvalue weighted by atomic mass is 10.1. The van der Waals surface area contributed by atoms with Crippen LogP contribution in [0.4, 0.5) is 0 Å². The quantitative estimate of drug-likeness (QED) is 0.387. The van der Waals surface area contributed by atoms with Gasteiger partial charge in [-0.25, -0.2) is 8.42 Å². The van der Waals surface area contributed by atoms with Gasteiger partial charge in [0.05, 0.1) is 17.5 Å². The summed E-state index contributed by atoms with van der Waals surface area (Å²) in [5.41, 5.74) is 0.915. The van der Waals surface area contributed by atoms with Crippen LogP contribution in [0.15, 0.2) is 70.0 Å². The fraction of sp³-hybridized carbons (Fsp3) is 0.292. The monoisotopic (exact) mass is 475 g/mol. The van der Waals surface area contributed by atoms with Gasteiger partial charge in [0.1, 0.15) is 17.3 Å². The van der Waals surface area contributed by atoms with Gasteiger partial charge in [0.25, 0.3) is 5.91 Å². The largest absolute Gasteiger partial charge is 0.494 e. The lowest BCUT2D eigenvalue weighted by Gasteiger charge is -2.14. The minimum Gasteiger partial charge on any atom is -0.494 e. The van der Waals surface area contributed by atoms with Crippen LogP contribution in [-0.4, -0.2) is 20.9 Å². The van der Waals surface area contributed by atoms with Crippen LogP contribution in [0.5, 0.6) is 5.75 Å². The predicted molar refractivity (Wildman–Crippen MR) is 124 cm³/mol. The third kappa shape index (κ3) is 6.37. The molecular weight excluding hydrogens is 450 g/mol. The zero-order valence-corrected chi connectivity index (χ0v) is 19.6. The maximum Gasteiger partial charge on any atom is 0.287 e. The van der Waals surface area contributed by atoms with Crippen LogP contribution in [-0.2, 0) is 15.6 Å². The standard InChI is InChI=1S/C24H26ClNO5S/c1-3-4-15-30-20-9-5-18(6-10-20)17(2)26-24(27)23-14-11-21(31-23)16-32(28,29)22-12-7-19(25)8-13-22/h5-14,17H,3-4,15-16H2,1-2H3,(H,26,27). The van der Waals surface area contributed by atoms with Gasteiger partial charge >= 0.3 is 0 Å². The molecule has 1 amide bonds. The van der Waals surface area contributed by atoms with Crippen molar-refractivity contribution in [3.05, 3.63) is 82.8 Å². The molecule has 0 fully saturated rings. The molecule has 1 N–H and O–H groups in total. The van der Waals surface area contributed by atoms with E-state index in [4.69, 9.17) is 20.8 Å². The molecule has 0 aliphatic carbocycles. The van der Waals surface area contributed by atoms with E-state index in [1.165, 1.54) is 36.4 Å². The van der Waals surface area contributed by atoms with Gasteiger partial charge in [-0.1, -0.05) is 37.1 Å². The number of unbranched alkanes of at least 4 members (excludes halogenated alkanes) is 1. The van der Waals surface area contributed by atoms with Crippen molar-refractivity contribution >= 4 is 27.3 Å². The number of nitrogens with one attached hydrogen (secondary N) is 1. The lowest BCUT2D eigenvalue weighted by molar-refractivity contribution is 0.0910. The second-order valence-electron chi connectivity index (χ2n) is 7.45. The molecule has 8 heteroatoms. The third-order valence-corrected chi connectivity index (χ3v) is 6.79. The Morgan fingerprint density at radius 1 is 1.06 bits per heavy atom. The number of sulfone groups is 1. The number of carbonyl (C=O) groups excluding carboxylic acids is 1. The number of carbonyl (C=O) groups is 1. The molecule has 0 bridgehead atoms. The Morgan fingerprint density at radius 2 is 1.75 bits per heavy atom. The zero-order chi connectivity index (χ0) is 23.1. The fourth-order valence-electron chi connectivity index (χ4n) is 3.03. The first kappa shape index (κ1) is 23.9. The maximum absolute atomic E-state index is 12.6. The number of furan rings is 1. The molecule has 32 heavy (non-hydrogen) atoms. The second kappa shape index (κ2) is 10.7. The highest BCUT2D eigenvalue weighted by Gasteiger charge is 2.20. The number of hydrogen-bond donors (Lipinski definition) is 1. The summed E-state index contributed by atoms with van der Waals surface area (Å²) < 4.78 is 36.3. The van der Waals surface area contributed by atoms with Crippen LogP contribution in [0, 0.1) is 0 Å². The van der Waals surface area contributed by atoms with Gasteiger partial charge in [-0.2, -0.15) is 0 Å². The van der Waals surface area contributed by atoms with Gasteiger partial charge < -0.3 is 14.5 Å². The van der Waals surface area contributed by atoms with E-state index in [0.717, 1.165) is 24.2 Å². The molecule has 6 nitrogen and oxygen atoms in total. The molecule has 3 aromatic rings. The zero-order valence-electron chi connectivity index (χ0n) is 18.0. The van der Waals surface area contributed by atoms with E-state index in [1.54, 1.807) is 0 Å². The highest BCUT2D eigenvalue weighted by atomic mass is 35.5. The number of halogens is 1. The van der Waals surface area contributed by atoms with E-state index >= 15 is 0 Å². The van der Waals surface area contributed by atoms with E-state index in [0.29, 0.717) is 11.6 Å².